The molecule has 0 amide bonds. The average Bonchev–Trinajstić information content (AvgIpc) is 2.20. The molecule has 1 aromatic heterocycles. The highest BCUT2D eigenvalue weighted by atomic mass is 16.5. The van der Waals surface area contributed by atoms with Gasteiger partial charge in [-0.3, -0.25) is 4.98 Å². The Balaban J connectivity index is 2.18. The van der Waals surface area contributed by atoms with Crippen molar-refractivity contribution in [3.8, 4) is 0 Å². The molecule has 0 aromatic carbocycles. The molecule has 1 aromatic rings. The normalized spacial score (nSPS) is 10.9. The molecule has 1 rings (SSSR count). The van der Waals surface area contributed by atoms with Crippen molar-refractivity contribution < 1.29 is 4.74 Å². The topological polar surface area (TPSA) is 48.1 Å². The van der Waals surface area contributed by atoms with Crippen LogP contribution in [0.1, 0.15) is 25.8 Å². The molecule has 15 heavy (non-hydrogen) atoms. The van der Waals surface area contributed by atoms with Crippen LogP contribution in [0, 0.1) is 5.92 Å². The Morgan fingerprint density at radius 1 is 1.40 bits per heavy atom. The Hall–Kier alpha value is -1.09. The molecule has 0 unspecified atom stereocenters. The minimum absolute atomic E-state index is 0.702. The number of ether oxygens (including phenoxy) is 1. The maximum Gasteiger partial charge on any atom is 0.0507 e. The molecule has 84 valence electrons. The summed E-state index contributed by atoms with van der Waals surface area (Å²) in [5, 5.41) is 0. The monoisotopic (exact) mass is 208 g/mol. The van der Waals surface area contributed by atoms with Gasteiger partial charge in [0.1, 0.15) is 0 Å². The van der Waals surface area contributed by atoms with E-state index in [0.717, 1.165) is 37.3 Å². The molecule has 2 N–H and O–H groups in total. The summed E-state index contributed by atoms with van der Waals surface area (Å²) in [5.74, 6) is 0.702. The van der Waals surface area contributed by atoms with Gasteiger partial charge in [0, 0.05) is 24.7 Å². The summed E-state index contributed by atoms with van der Waals surface area (Å²) >= 11 is 0. The number of rotatable bonds is 6. The second-order valence-corrected chi connectivity index (χ2v) is 4.12. The van der Waals surface area contributed by atoms with Crippen LogP contribution in [-0.2, 0) is 11.2 Å². The molecule has 0 fully saturated rings. The molecule has 3 heteroatoms. The third-order valence-corrected chi connectivity index (χ3v) is 2.30. The van der Waals surface area contributed by atoms with Gasteiger partial charge >= 0.3 is 0 Å². The highest BCUT2D eigenvalue weighted by molar-refractivity contribution is 5.44. The van der Waals surface area contributed by atoms with Crippen LogP contribution in [0.2, 0.25) is 0 Å². The minimum atomic E-state index is 0.702. The molecular weight excluding hydrogens is 188 g/mol. The highest BCUT2D eigenvalue weighted by Gasteiger charge is 1.99. The van der Waals surface area contributed by atoms with E-state index in [9.17, 15) is 0 Å². The zero-order valence-electron chi connectivity index (χ0n) is 9.57. The van der Waals surface area contributed by atoms with Gasteiger partial charge in [-0.2, -0.15) is 0 Å². The summed E-state index contributed by atoms with van der Waals surface area (Å²) in [7, 11) is 0. The predicted molar refractivity (Wildman–Crippen MR) is 62.6 cm³/mol. The maximum absolute atomic E-state index is 5.79. The van der Waals surface area contributed by atoms with Gasteiger partial charge in [0.15, 0.2) is 0 Å². The first-order chi connectivity index (χ1) is 7.20. The molecule has 0 bridgehead atoms. The lowest BCUT2D eigenvalue weighted by Crippen LogP contribution is -2.04. The Labute approximate surface area is 91.7 Å². The van der Waals surface area contributed by atoms with E-state index >= 15 is 0 Å². The van der Waals surface area contributed by atoms with E-state index in [0.29, 0.717) is 5.92 Å². The molecule has 0 radical (unpaired) electrons. The number of anilines is 1. The lowest BCUT2D eigenvalue weighted by molar-refractivity contribution is 0.126. The van der Waals surface area contributed by atoms with Crippen LogP contribution in [0.25, 0.3) is 0 Å². The minimum Gasteiger partial charge on any atom is -0.398 e. The first kappa shape index (κ1) is 12.0. The molecular formula is C12H20N2O. The van der Waals surface area contributed by atoms with Crippen molar-refractivity contribution in [2.24, 2.45) is 5.92 Å². The number of hydrogen-bond acceptors (Lipinski definition) is 3. The number of nitrogens with two attached hydrogens (primary N) is 1. The van der Waals surface area contributed by atoms with Crippen molar-refractivity contribution in [2.75, 3.05) is 18.9 Å². The molecule has 0 aliphatic heterocycles. The second kappa shape index (κ2) is 6.40. The van der Waals surface area contributed by atoms with Crippen molar-refractivity contribution in [3.05, 3.63) is 24.0 Å². The van der Waals surface area contributed by atoms with Crippen molar-refractivity contribution in [2.45, 2.75) is 26.7 Å². The smallest absolute Gasteiger partial charge is 0.0507 e. The third kappa shape index (κ3) is 4.79. The van der Waals surface area contributed by atoms with Crippen LogP contribution in [0.4, 0.5) is 5.69 Å². The Morgan fingerprint density at radius 2 is 2.20 bits per heavy atom. The van der Waals surface area contributed by atoms with E-state index in [4.69, 9.17) is 10.5 Å². The van der Waals surface area contributed by atoms with Crippen LogP contribution < -0.4 is 5.73 Å². The van der Waals surface area contributed by atoms with E-state index in [2.05, 4.69) is 18.8 Å². The van der Waals surface area contributed by atoms with Crippen LogP contribution >= 0.6 is 0 Å². The lowest BCUT2D eigenvalue weighted by atomic mass is 10.1. The Morgan fingerprint density at radius 3 is 2.87 bits per heavy atom. The van der Waals surface area contributed by atoms with Gasteiger partial charge in [-0.1, -0.05) is 13.8 Å². The Kier molecular flexibility index (Phi) is 5.12. The summed E-state index contributed by atoms with van der Waals surface area (Å²) in [6, 6.07) is 1.82. The first-order valence-electron chi connectivity index (χ1n) is 5.46. The van der Waals surface area contributed by atoms with E-state index in [1.807, 2.05) is 6.07 Å². The van der Waals surface area contributed by atoms with Gasteiger partial charge in [-0.25, -0.2) is 0 Å². The summed E-state index contributed by atoms with van der Waals surface area (Å²) in [5.41, 5.74) is 7.66. The fraction of sp³-hybridized carbons (Fsp3) is 0.583. The van der Waals surface area contributed by atoms with Crippen LogP contribution in [-0.4, -0.2) is 18.2 Å². The standard InChI is InChI=1S/C12H20N2O/c1-10(2)4-7-15-8-5-11-9-14-6-3-12(11)13/h3,6,9-10H,4-5,7-8H2,1-2H3,(H2,13,14). The molecule has 1 heterocycles. The van der Waals surface area contributed by atoms with Crippen LogP contribution in [0.15, 0.2) is 18.5 Å². The van der Waals surface area contributed by atoms with E-state index in [-0.39, 0.29) is 0 Å². The third-order valence-electron chi connectivity index (χ3n) is 2.30. The van der Waals surface area contributed by atoms with Gasteiger partial charge in [0.05, 0.1) is 6.61 Å². The molecule has 3 nitrogen and oxygen atoms in total. The fourth-order valence-electron chi connectivity index (χ4n) is 1.25. The first-order valence-corrected chi connectivity index (χ1v) is 5.46. The molecule has 0 saturated carbocycles. The molecule has 0 saturated heterocycles. The van der Waals surface area contributed by atoms with Gasteiger partial charge in [0.25, 0.3) is 0 Å². The second-order valence-electron chi connectivity index (χ2n) is 4.12. The number of nitrogen functional groups attached to an aromatic ring is 1. The van der Waals surface area contributed by atoms with Crippen molar-refractivity contribution >= 4 is 5.69 Å². The van der Waals surface area contributed by atoms with Crippen molar-refractivity contribution in [3.63, 3.8) is 0 Å². The summed E-state index contributed by atoms with van der Waals surface area (Å²) in [6.45, 7) is 5.95. The van der Waals surface area contributed by atoms with E-state index in [1.165, 1.54) is 0 Å². The predicted octanol–water partition coefficient (Wildman–Crippen LogP) is 2.27. The lowest BCUT2D eigenvalue weighted by Gasteiger charge is -2.07. The highest BCUT2D eigenvalue weighted by Crippen LogP contribution is 2.09. The largest absolute Gasteiger partial charge is 0.398 e. The number of aromatic nitrogens is 1. The van der Waals surface area contributed by atoms with Crippen LogP contribution in [0.5, 0.6) is 0 Å². The van der Waals surface area contributed by atoms with Crippen molar-refractivity contribution in [1.29, 1.82) is 0 Å². The number of pyridine rings is 1. The van der Waals surface area contributed by atoms with Gasteiger partial charge in [-0.15, -0.1) is 0 Å². The van der Waals surface area contributed by atoms with Gasteiger partial charge in [-0.05, 0) is 30.4 Å². The SMILES string of the molecule is CC(C)CCOCCc1cnccc1N. The summed E-state index contributed by atoms with van der Waals surface area (Å²) in [6.07, 6.45) is 5.47. The fourth-order valence-corrected chi connectivity index (χ4v) is 1.25. The molecule has 0 spiro atoms. The maximum atomic E-state index is 5.79. The summed E-state index contributed by atoms with van der Waals surface area (Å²) in [4.78, 5) is 4.04. The quantitative estimate of drug-likeness (QED) is 0.729. The summed E-state index contributed by atoms with van der Waals surface area (Å²) < 4.78 is 5.52. The van der Waals surface area contributed by atoms with Gasteiger partial charge < -0.3 is 10.5 Å². The number of hydrogen-bond donors (Lipinski definition) is 1. The van der Waals surface area contributed by atoms with Gasteiger partial charge in [0.2, 0.25) is 0 Å². The van der Waals surface area contributed by atoms with E-state index in [1.54, 1.807) is 12.4 Å². The van der Waals surface area contributed by atoms with Crippen LogP contribution in [0.3, 0.4) is 0 Å². The van der Waals surface area contributed by atoms with E-state index < -0.39 is 0 Å². The average molecular weight is 208 g/mol. The molecule has 0 atom stereocenters. The number of nitrogens with zero attached hydrogens (tertiary/aromatic N) is 1. The zero-order valence-corrected chi connectivity index (χ0v) is 9.57. The zero-order chi connectivity index (χ0) is 11.1. The van der Waals surface area contributed by atoms with Crippen molar-refractivity contribution in [1.82, 2.24) is 4.98 Å². The molecule has 0 aliphatic rings. The Bertz CT molecular complexity index is 287. The molecule has 0 aliphatic carbocycles.